The molecule has 6 aromatic carbocycles. The SMILES string of the molecule is CC1(C)OCC(CCOP(=O)(OCc2ccccc2)O[C@@H]2[C@H](OCCCCCCNC(=O)OCc3ccccc3)[C@H](OCc3ccccc3)[C@@H](OCc3ccccc3)[C@H](OCc3ccccc3)[C@H]2OCc2ccccc2)O1. The van der Waals surface area contributed by atoms with Crippen LogP contribution in [0.3, 0.4) is 0 Å². The summed E-state index contributed by atoms with van der Waals surface area (Å²) in [6, 6.07) is 58.6. The summed E-state index contributed by atoms with van der Waals surface area (Å²) in [6.45, 7) is 5.61. The van der Waals surface area contributed by atoms with Crippen molar-refractivity contribution in [1.29, 1.82) is 0 Å². The average Bonchev–Trinajstić information content (AvgIpc) is 3.83. The molecule has 0 spiro atoms. The minimum atomic E-state index is -4.54. The molecule has 2 aliphatic rings. The second-order valence-electron chi connectivity index (χ2n) is 19.6. The fourth-order valence-electron chi connectivity index (χ4n) is 9.20. The largest absolute Gasteiger partial charge is 0.475 e. The monoisotopic (exact) mass is 1070 g/mol. The third-order valence-electron chi connectivity index (χ3n) is 13.2. The predicted molar refractivity (Wildman–Crippen MR) is 292 cm³/mol. The Morgan fingerprint density at radius 2 is 0.870 bits per heavy atom. The number of hydrogen-bond donors (Lipinski definition) is 1. The highest BCUT2D eigenvalue weighted by Crippen LogP contribution is 2.54. The van der Waals surface area contributed by atoms with E-state index in [1.165, 1.54) is 0 Å². The third-order valence-corrected chi connectivity index (χ3v) is 14.6. The van der Waals surface area contributed by atoms with Crippen LogP contribution in [0.25, 0.3) is 0 Å². The topological polar surface area (TPSA) is 148 Å². The molecule has 8 atom stereocenters. The van der Waals surface area contributed by atoms with Crippen LogP contribution in [0.1, 0.15) is 79.3 Å². The van der Waals surface area contributed by atoms with Crippen molar-refractivity contribution in [2.24, 2.45) is 0 Å². The number of nitrogens with one attached hydrogen (secondary N) is 1. The van der Waals surface area contributed by atoms with E-state index in [0.717, 1.165) is 52.6 Å². The zero-order chi connectivity index (χ0) is 53.4. The predicted octanol–water partition coefficient (Wildman–Crippen LogP) is 12.5. The van der Waals surface area contributed by atoms with Crippen LogP contribution in [0, 0.1) is 0 Å². The van der Waals surface area contributed by atoms with Crippen LogP contribution in [-0.2, 0) is 95.7 Å². The molecule has 1 heterocycles. The molecule has 0 aromatic heterocycles. The first-order chi connectivity index (χ1) is 37.7. The zero-order valence-corrected chi connectivity index (χ0v) is 45.1. The van der Waals surface area contributed by atoms with Gasteiger partial charge in [-0.05, 0) is 66.5 Å². The van der Waals surface area contributed by atoms with E-state index < -0.39 is 56.3 Å². The van der Waals surface area contributed by atoms with Crippen LogP contribution in [0.4, 0.5) is 4.79 Å². The number of alkyl carbamates (subject to hydrolysis) is 1. The smallest absolute Gasteiger partial charge is 0.445 e. The molecular weight excluding hydrogens is 998 g/mol. The number of phosphoric ester groups is 1. The summed E-state index contributed by atoms with van der Waals surface area (Å²) < 4.78 is 88.2. The molecule has 15 heteroatoms. The molecule has 1 saturated carbocycles. The van der Waals surface area contributed by atoms with Crippen LogP contribution in [-0.4, -0.2) is 81.0 Å². The van der Waals surface area contributed by atoms with Gasteiger partial charge in [0.1, 0.15) is 43.2 Å². The molecule has 1 aliphatic heterocycles. The van der Waals surface area contributed by atoms with Gasteiger partial charge in [-0.15, -0.1) is 0 Å². The number of benzene rings is 6. The maximum absolute atomic E-state index is 15.7. The molecule has 1 saturated heterocycles. The summed E-state index contributed by atoms with van der Waals surface area (Å²) in [5, 5.41) is 2.86. The fourth-order valence-corrected chi connectivity index (χ4v) is 10.6. The lowest BCUT2D eigenvalue weighted by Crippen LogP contribution is -2.67. The van der Waals surface area contributed by atoms with E-state index in [-0.39, 0.29) is 59.0 Å². The molecule has 2 fully saturated rings. The normalized spacial score (nSPS) is 21.8. The first kappa shape index (κ1) is 57.6. The molecule has 77 heavy (non-hydrogen) atoms. The van der Waals surface area contributed by atoms with Gasteiger partial charge in [-0.3, -0.25) is 13.6 Å². The Kier molecular flexibility index (Phi) is 22.8. The Morgan fingerprint density at radius 1 is 0.481 bits per heavy atom. The van der Waals surface area contributed by atoms with E-state index >= 15 is 4.57 Å². The number of carbonyl (C=O) groups is 1. The lowest BCUT2D eigenvalue weighted by Gasteiger charge is -2.50. The summed E-state index contributed by atoms with van der Waals surface area (Å²) in [5.74, 6) is -0.763. The van der Waals surface area contributed by atoms with E-state index in [0.29, 0.717) is 26.0 Å². The number of hydrogen-bond acceptors (Lipinski definition) is 13. The van der Waals surface area contributed by atoms with Gasteiger partial charge >= 0.3 is 13.9 Å². The zero-order valence-electron chi connectivity index (χ0n) is 44.2. The third kappa shape index (κ3) is 19.1. The number of unbranched alkanes of at least 4 members (excludes halogenated alkanes) is 3. The van der Waals surface area contributed by atoms with E-state index in [1.54, 1.807) is 0 Å². The highest BCUT2D eigenvalue weighted by Gasteiger charge is 2.57. The summed E-state index contributed by atoms with van der Waals surface area (Å²) in [7, 11) is -4.54. The van der Waals surface area contributed by atoms with Crippen LogP contribution in [0.5, 0.6) is 0 Å². The quantitative estimate of drug-likeness (QED) is 0.0326. The molecule has 1 N–H and O–H groups in total. The van der Waals surface area contributed by atoms with Crippen molar-refractivity contribution in [3.05, 3.63) is 215 Å². The first-order valence-corrected chi connectivity index (χ1v) is 28.3. The summed E-state index contributed by atoms with van der Waals surface area (Å²) >= 11 is 0. The minimum absolute atomic E-state index is 0.0335. The molecule has 0 radical (unpaired) electrons. The maximum atomic E-state index is 15.7. The Bertz CT molecular complexity index is 2620. The van der Waals surface area contributed by atoms with Gasteiger partial charge in [0.15, 0.2) is 5.79 Å². The lowest BCUT2D eigenvalue weighted by atomic mass is 9.83. The molecule has 0 bridgehead atoms. The van der Waals surface area contributed by atoms with Crippen molar-refractivity contribution < 1.29 is 60.8 Å². The highest BCUT2D eigenvalue weighted by atomic mass is 31.2. The number of rotatable bonds is 31. The van der Waals surface area contributed by atoms with Crippen LogP contribution < -0.4 is 5.32 Å². The van der Waals surface area contributed by atoms with E-state index in [2.05, 4.69) is 5.32 Å². The Balaban J connectivity index is 1.11. The molecule has 14 nitrogen and oxygen atoms in total. The molecule has 410 valence electrons. The minimum Gasteiger partial charge on any atom is -0.445 e. The summed E-state index contributed by atoms with van der Waals surface area (Å²) in [5.41, 5.74) is 5.38. The fraction of sp³-hybridized carbons (Fsp3) is 0.403. The van der Waals surface area contributed by atoms with E-state index in [4.69, 9.17) is 51.5 Å². The van der Waals surface area contributed by atoms with Gasteiger partial charge in [0.05, 0.1) is 52.4 Å². The number of carbonyl (C=O) groups excluding carboxylic acids is 1. The van der Waals surface area contributed by atoms with Crippen LogP contribution >= 0.6 is 7.82 Å². The van der Waals surface area contributed by atoms with Crippen molar-refractivity contribution in [3.8, 4) is 0 Å². The van der Waals surface area contributed by atoms with Gasteiger partial charge in [-0.1, -0.05) is 195 Å². The summed E-state index contributed by atoms with van der Waals surface area (Å²) in [4.78, 5) is 12.5. The van der Waals surface area contributed by atoms with E-state index in [9.17, 15) is 4.79 Å². The molecule has 8 rings (SSSR count). The highest BCUT2D eigenvalue weighted by molar-refractivity contribution is 7.48. The van der Waals surface area contributed by atoms with Crippen molar-refractivity contribution >= 4 is 13.9 Å². The Morgan fingerprint density at radius 3 is 1.30 bits per heavy atom. The molecule has 1 aliphatic carbocycles. The van der Waals surface area contributed by atoms with Gasteiger partial charge in [-0.2, -0.15) is 0 Å². The molecule has 6 aromatic rings. The second-order valence-corrected chi connectivity index (χ2v) is 21.3. The molecule has 2 unspecified atom stereocenters. The number of amides is 1. The van der Waals surface area contributed by atoms with Crippen molar-refractivity contribution in [2.75, 3.05) is 26.4 Å². The molecular formula is C62H74NO13P. The standard InChI is InChI=1S/C62H74NO13P/c1-62(2)72-47-54(75-62)37-40-73-77(65,74-46-53-35-21-10-22-36-53)76-60-58(66-39-24-4-3-23-38-63-61(64)71-45-52-33-19-9-20-34-52)56(68-42-49-27-13-6-14-28-49)55(67-41-48-25-11-5-12-26-48)57(69-43-50-29-15-7-16-30-50)59(60)70-44-51-31-17-8-18-32-51/h5-22,25-36,54-60H,3-4,23-24,37-47H2,1-2H3,(H,63,64)/t54?,55-,56-,57+,58-,59-,60-,77?/m1/s1. The van der Waals surface area contributed by atoms with Crippen LogP contribution in [0.2, 0.25) is 0 Å². The number of phosphoric acid groups is 1. The molecule has 1 amide bonds. The van der Waals surface area contributed by atoms with Gasteiger partial charge in [0, 0.05) is 13.2 Å². The van der Waals surface area contributed by atoms with Crippen molar-refractivity contribution in [3.63, 3.8) is 0 Å². The average molecular weight is 1070 g/mol. The Labute approximate surface area is 454 Å². The number of ether oxygens (including phenoxy) is 8. The van der Waals surface area contributed by atoms with Crippen LogP contribution in [0.15, 0.2) is 182 Å². The first-order valence-electron chi connectivity index (χ1n) is 26.8. The van der Waals surface area contributed by atoms with Gasteiger partial charge < -0.3 is 43.2 Å². The van der Waals surface area contributed by atoms with Crippen molar-refractivity contribution in [1.82, 2.24) is 5.32 Å². The maximum Gasteiger partial charge on any atom is 0.475 e. The lowest BCUT2D eigenvalue weighted by molar-refractivity contribution is -0.279. The summed E-state index contributed by atoms with van der Waals surface area (Å²) in [6.07, 6.45) is -3.21. The van der Waals surface area contributed by atoms with Gasteiger partial charge in [-0.25, -0.2) is 9.36 Å². The van der Waals surface area contributed by atoms with Crippen molar-refractivity contribution in [2.45, 2.75) is 134 Å². The second kappa shape index (κ2) is 30.5. The van der Waals surface area contributed by atoms with Gasteiger partial charge in [0.25, 0.3) is 0 Å². The van der Waals surface area contributed by atoms with E-state index in [1.807, 2.05) is 196 Å². The Hall–Kier alpha value is -5.58. The van der Waals surface area contributed by atoms with Gasteiger partial charge in [0.2, 0.25) is 0 Å².